The molecule has 3 heteroatoms. The van der Waals surface area contributed by atoms with Crippen molar-refractivity contribution in [3.8, 4) is 0 Å². The van der Waals surface area contributed by atoms with Gasteiger partial charge in [-0.3, -0.25) is 0 Å². The van der Waals surface area contributed by atoms with Gasteiger partial charge in [0.15, 0.2) is 0 Å². The predicted molar refractivity (Wildman–Crippen MR) is 46.3 cm³/mol. The molecule has 0 unspecified atom stereocenters. The van der Waals surface area contributed by atoms with E-state index in [2.05, 4.69) is 32.5 Å². The molecule has 0 aromatic heterocycles. The van der Waals surface area contributed by atoms with Crippen molar-refractivity contribution in [2.45, 2.75) is 25.9 Å². The second-order valence-corrected chi connectivity index (χ2v) is 8.77. The molecule has 0 fully saturated rings. The standard InChI is InChI=1S/C6H16ClNSi/c1-5-9(7,6-2)8(3)4/h5-6H2,1-4H3. The lowest BCUT2D eigenvalue weighted by Crippen LogP contribution is -2.42. The maximum Gasteiger partial charge on any atom is 0.228 e. The van der Waals surface area contributed by atoms with Crippen LogP contribution >= 0.6 is 11.1 Å². The van der Waals surface area contributed by atoms with E-state index < -0.39 is 7.55 Å². The van der Waals surface area contributed by atoms with Gasteiger partial charge in [0.1, 0.15) is 0 Å². The van der Waals surface area contributed by atoms with E-state index in [0.29, 0.717) is 0 Å². The van der Waals surface area contributed by atoms with Gasteiger partial charge >= 0.3 is 0 Å². The van der Waals surface area contributed by atoms with Crippen LogP contribution in [0.25, 0.3) is 0 Å². The average molecular weight is 166 g/mol. The van der Waals surface area contributed by atoms with Crippen molar-refractivity contribution in [3.05, 3.63) is 0 Å². The van der Waals surface area contributed by atoms with E-state index in [0.717, 1.165) is 12.1 Å². The fourth-order valence-electron chi connectivity index (χ4n) is 0.882. The SMILES string of the molecule is CC[Si](Cl)(CC)N(C)C. The van der Waals surface area contributed by atoms with Crippen LogP contribution < -0.4 is 0 Å². The summed E-state index contributed by atoms with van der Waals surface area (Å²) in [6.07, 6.45) is 0. The maximum absolute atomic E-state index is 6.31. The van der Waals surface area contributed by atoms with Crippen molar-refractivity contribution in [1.29, 1.82) is 0 Å². The van der Waals surface area contributed by atoms with E-state index in [9.17, 15) is 0 Å². The van der Waals surface area contributed by atoms with Gasteiger partial charge in [0.05, 0.1) is 0 Å². The van der Waals surface area contributed by atoms with Crippen molar-refractivity contribution in [2.75, 3.05) is 14.1 Å². The fourth-order valence-corrected chi connectivity index (χ4v) is 2.65. The first-order valence-electron chi connectivity index (χ1n) is 3.43. The number of halogens is 1. The van der Waals surface area contributed by atoms with Crippen molar-refractivity contribution in [1.82, 2.24) is 4.57 Å². The van der Waals surface area contributed by atoms with Crippen LogP contribution in [-0.4, -0.2) is 26.2 Å². The molecule has 0 bridgehead atoms. The number of rotatable bonds is 3. The molecular formula is C6H16ClNSi. The summed E-state index contributed by atoms with van der Waals surface area (Å²) in [5, 5.41) is 0. The number of hydrogen-bond donors (Lipinski definition) is 0. The third-order valence-corrected chi connectivity index (χ3v) is 8.27. The molecule has 0 rings (SSSR count). The highest BCUT2D eigenvalue weighted by molar-refractivity contribution is 7.18. The molecule has 0 N–H and O–H groups in total. The molecule has 1 nitrogen and oxygen atoms in total. The quantitative estimate of drug-likeness (QED) is 0.458. The molecule has 0 heterocycles. The maximum atomic E-state index is 6.31. The molecule has 0 atom stereocenters. The Morgan fingerprint density at radius 1 is 1.22 bits per heavy atom. The molecule has 0 aliphatic heterocycles. The Kier molecular flexibility index (Phi) is 3.78. The largest absolute Gasteiger partial charge is 0.317 e. The Morgan fingerprint density at radius 2 is 1.56 bits per heavy atom. The van der Waals surface area contributed by atoms with Gasteiger partial charge in [-0.15, -0.1) is 11.1 Å². The summed E-state index contributed by atoms with van der Waals surface area (Å²) >= 11 is 6.31. The van der Waals surface area contributed by atoms with Crippen LogP contribution in [0.2, 0.25) is 12.1 Å². The number of nitrogens with zero attached hydrogens (tertiary/aromatic N) is 1. The van der Waals surface area contributed by atoms with Gasteiger partial charge in [-0.2, -0.15) is 0 Å². The van der Waals surface area contributed by atoms with Gasteiger partial charge in [-0.25, -0.2) is 0 Å². The summed E-state index contributed by atoms with van der Waals surface area (Å²) in [5.74, 6) is 0. The minimum absolute atomic E-state index is 1.14. The van der Waals surface area contributed by atoms with Gasteiger partial charge in [0.2, 0.25) is 7.55 Å². The first-order valence-corrected chi connectivity index (χ1v) is 6.80. The third-order valence-electron chi connectivity index (χ3n) is 1.88. The molecule has 0 aliphatic carbocycles. The molecule has 9 heavy (non-hydrogen) atoms. The van der Waals surface area contributed by atoms with Crippen LogP contribution in [0, 0.1) is 0 Å². The Bertz CT molecular complexity index is 81.1. The molecular weight excluding hydrogens is 150 g/mol. The van der Waals surface area contributed by atoms with E-state index >= 15 is 0 Å². The van der Waals surface area contributed by atoms with Gasteiger partial charge in [-0.1, -0.05) is 13.8 Å². The molecule has 56 valence electrons. The molecule has 0 aromatic carbocycles. The van der Waals surface area contributed by atoms with E-state index in [1.807, 2.05) is 0 Å². The molecule has 0 radical (unpaired) electrons. The molecule has 0 saturated carbocycles. The summed E-state index contributed by atoms with van der Waals surface area (Å²) in [4.78, 5) is 0. The molecule has 0 amide bonds. The van der Waals surface area contributed by atoms with Crippen LogP contribution in [0.1, 0.15) is 13.8 Å². The second-order valence-electron chi connectivity index (χ2n) is 2.52. The smallest absolute Gasteiger partial charge is 0.228 e. The van der Waals surface area contributed by atoms with Crippen molar-refractivity contribution in [3.63, 3.8) is 0 Å². The Labute approximate surface area is 63.8 Å². The number of hydrogen-bond acceptors (Lipinski definition) is 1. The molecule has 0 spiro atoms. The van der Waals surface area contributed by atoms with Crippen LogP contribution in [0.5, 0.6) is 0 Å². The van der Waals surface area contributed by atoms with E-state index in [-0.39, 0.29) is 0 Å². The van der Waals surface area contributed by atoms with Gasteiger partial charge in [0, 0.05) is 0 Å². The normalized spacial score (nSPS) is 12.7. The highest BCUT2D eigenvalue weighted by Crippen LogP contribution is 2.21. The van der Waals surface area contributed by atoms with Crippen molar-refractivity contribution in [2.24, 2.45) is 0 Å². The Morgan fingerprint density at radius 3 is 1.56 bits per heavy atom. The first-order chi connectivity index (χ1) is 4.06. The molecule has 0 aliphatic rings. The second kappa shape index (κ2) is 3.59. The Hall–Kier alpha value is 0.467. The van der Waals surface area contributed by atoms with Crippen LogP contribution in [0.15, 0.2) is 0 Å². The van der Waals surface area contributed by atoms with Crippen molar-refractivity contribution >= 4 is 18.6 Å². The van der Waals surface area contributed by atoms with Crippen LogP contribution in [-0.2, 0) is 0 Å². The zero-order valence-corrected chi connectivity index (χ0v) is 8.50. The third kappa shape index (κ3) is 2.28. The topological polar surface area (TPSA) is 3.24 Å². The van der Waals surface area contributed by atoms with Crippen LogP contribution in [0.4, 0.5) is 0 Å². The minimum atomic E-state index is -1.47. The summed E-state index contributed by atoms with van der Waals surface area (Å²) in [6.45, 7) is 4.34. The lowest BCUT2D eigenvalue weighted by Gasteiger charge is -2.28. The lowest BCUT2D eigenvalue weighted by atomic mass is 10.9. The van der Waals surface area contributed by atoms with E-state index in [1.54, 1.807) is 0 Å². The Balaban J connectivity index is 3.92. The zero-order valence-electron chi connectivity index (χ0n) is 6.74. The monoisotopic (exact) mass is 165 g/mol. The van der Waals surface area contributed by atoms with E-state index in [1.165, 1.54) is 0 Å². The highest BCUT2D eigenvalue weighted by Gasteiger charge is 2.28. The average Bonchev–Trinajstić information content (AvgIpc) is 1.86. The van der Waals surface area contributed by atoms with E-state index in [4.69, 9.17) is 11.1 Å². The first kappa shape index (κ1) is 9.47. The zero-order chi connectivity index (χ0) is 7.49. The lowest BCUT2D eigenvalue weighted by molar-refractivity contribution is 0.625. The summed E-state index contributed by atoms with van der Waals surface area (Å²) in [5.41, 5.74) is 0. The van der Waals surface area contributed by atoms with Crippen molar-refractivity contribution < 1.29 is 0 Å². The van der Waals surface area contributed by atoms with Crippen LogP contribution in [0.3, 0.4) is 0 Å². The summed E-state index contributed by atoms with van der Waals surface area (Å²) in [6, 6.07) is 2.27. The molecule has 0 saturated heterocycles. The predicted octanol–water partition coefficient (Wildman–Crippen LogP) is 2.27. The summed E-state index contributed by atoms with van der Waals surface area (Å²) in [7, 11) is 2.68. The van der Waals surface area contributed by atoms with Gasteiger partial charge in [-0.05, 0) is 26.2 Å². The molecule has 0 aromatic rings. The minimum Gasteiger partial charge on any atom is -0.317 e. The van der Waals surface area contributed by atoms with Gasteiger partial charge < -0.3 is 4.57 Å². The fraction of sp³-hybridized carbons (Fsp3) is 1.00. The summed E-state index contributed by atoms with van der Waals surface area (Å²) < 4.78 is 2.20. The van der Waals surface area contributed by atoms with Gasteiger partial charge in [0.25, 0.3) is 0 Å². The highest BCUT2D eigenvalue weighted by atomic mass is 35.6.